The predicted molar refractivity (Wildman–Crippen MR) is 59.1 cm³/mol. The van der Waals surface area contributed by atoms with Gasteiger partial charge in [0.1, 0.15) is 5.78 Å². The van der Waals surface area contributed by atoms with Gasteiger partial charge in [0.15, 0.2) is 0 Å². The fourth-order valence-electron chi connectivity index (χ4n) is 2.29. The molecule has 15 heavy (non-hydrogen) atoms. The Morgan fingerprint density at radius 1 is 1.67 bits per heavy atom. The molecule has 1 aliphatic carbocycles. The monoisotopic (exact) mass is 226 g/mol. The number of rotatable bonds is 2. The van der Waals surface area contributed by atoms with Crippen LogP contribution in [-0.2, 0) is 11.3 Å². The Bertz CT molecular complexity index is 373. The van der Waals surface area contributed by atoms with Crippen LogP contribution in [0.5, 0.6) is 0 Å². The number of nitrogens with zero attached hydrogens (tertiary/aromatic N) is 2. The Kier molecular flexibility index (Phi) is 3.10. The van der Waals surface area contributed by atoms with E-state index in [4.69, 9.17) is 11.6 Å². The van der Waals surface area contributed by atoms with E-state index >= 15 is 0 Å². The van der Waals surface area contributed by atoms with Gasteiger partial charge in [-0.2, -0.15) is 5.10 Å². The molecular formula is C11H15ClN2O. The summed E-state index contributed by atoms with van der Waals surface area (Å²) in [5.74, 6) is 0.632. The minimum Gasteiger partial charge on any atom is -0.300 e. The van der Waals surface area contributed by atoms with Crippen molar-refractivity contribution in [3.05, 3.63) is 16.9 Å². The molecule has 1 aromatic rings. The molecule has 1 fully saturated rings. The molecule has 4 heteroatoms. The fourth-order valence-corrected chi connectivity index (χ4v) is 2.58. The number of ketones is 1. The van der Waals surface area contributed by atoms with Gasteiger partial charge in [-0.3, -0.25) is 9.48 Å². The van der Waals surface area contributed by atoms with Crippen LogP contribution >= 0.6 is 11.6 Å². The van der Waals surface area contributed by atoms with Gasteiger partial charge in [0, 0.05) is 25.3 Å². The molecule has 1 unspecified atom stereocenters. The van der Waals surface area contributed by atoms with Gasteiger partial charge in [-0.25, -0.2) is 0 Å². The summed E-state index contributed by atoms with van der Waals surface area (Å²) in [6.45, 7) is 2.85. The third kappa shape index (κ3) is 2.07. The van der Waals surface area contributed by atoms with Crippen molar-refractivity contribution >= 4 is 17.4 Å². The summed E-state index contributed by atoms with van der Waals surface area (Å²) in [6.07, 6.45) is 5.07. The lowest BCUT2D eigenvalue weighted by molar-refractivity contribution is -0.120. The second-order valence-electron chi connectivity index (χ2n) is 4.03. The van der Waals surface area contributed by atoms with Gasteiger partial charge in [-0.1, -0.05) is 11.6 Å². The average molecular weight is 227 g/mol. The number of halogens is 1. The standard InChI is InChI=1S/C11H15ClN2O/c1-2-14-11(10(12)7-13-14)8-4-3-5-9(15)6-8/h7-8H,2-6H2,1H3. The van der Waals surface area contributed by atoms with Crippen LogP contribution in [0.3, 0.4) is 0 Å². The van der Waals surface area contributed by atoms with Gasteiger partial charge in [0.2, 0.25) is 0 Å². The largest absolute Gasteiger partial charge is 0.300 e. The molecule has 1 saturated carbocycles. The van der Waals surface area contributed by atoms with E-state index in [1.165, 1.54) is 0 Å². The SMILES string of the molecule is CCn1ncc(Cl)c1C1CCCC(=O)C1. The quantitative estimate of drug-likeness (QED) is 0.777. The van der Waals surface area contributed by atoms with E-state index in [0.29, 0.717) is 17.2 Å². The van der Waals surface area contributed by atoms with Crippen LogP contribution in [-0.4, -0.2) is 15.6 Å². The lowest BCUT2D eigenvalue weighted by Gasteiger charge is -2.21. The summed E-state index contributed by atoms with van der Waals surface area (Å²) >= 11 is 6.11. The lowest BCUT2D eigenvalue weighted by atomic mass is 9.86. The first-order valence-electron chi connectivity index (χ1n) is 5.45. The maximum atomic E-state index is 11.4. The molecular weight excluding hydrogens is 212 g/mol. The molecule has 0 amide bonds. The predicted octanol–water partition coefficient (Wildman–Crippen LogP) is 2.78. The van der Waals surface area contributed by atoms with Crippen molar-refractivity contribution < 1.29 is 4.79 Å². The molecule has 0 bridgehead atoms. The highest BCUT2D eigenvalue weighted by Crippen LogP contribution is 2.34. The van der Waals surface area contributed by atoms with Gasteiger partial charge < -0.3 is 0 Å². The Hall–Kier alpha value is -0.830. The molecule has 0 N–H and O–H groups in total. The van der Waals surface area contributed by atoms with Crippen LogP contribution in [0.15, 0.2) is 6.20 Å². The first-order valence-corrected chi connectivity index (χ1v) is 5.83. The van der Waals surface area contributed by atoms with E-state index in [0.717, 1.165) is 31.5 Å². The molecule has 1 heterocycles. The van der Waals surface area contributed by atoms with Gasteiger partial charge in [-0.05, 0) is 19.8 Å². The summed E-state index contributed by atoms with van der Waals surface area (Å²) in [6, 6.07) is 0. The Morgan fingerprint density at radius 3 is 3.13 bits per heavy atom. The van der Waals surface area contributed by atoms with Crippen molar-refractivity contribution in [1.29, 1.82) is 0 Å². The molecule has 0 spiro atoms. The number of aryl methyl sites for hydroxylation is 1. The molecule has 1 atom stereocenters. The molecule has 0 aromatic carbocycles. The third-order valence-corrected chi connectivity index (χ3v) is 3.29. The van der Waals surface area contributed by atoms with Crippen LogP contribution in [0.1, 0.15) is 44.2 Å². The van der Waals surface area contributed by atoms with Crippen LogP contribution in [0.4, 0.5) is 0 Å². The first-order chi connectivity index (χ1) is 7.22. The average Bonchev–Trinajstić information content (AvgIpc) is 2.59. The molecule has 2 rings (SSSR count). The van der Waals surface area contributed by atoms with Gasteiger partial charge in [-0.15, -0.1) is 0 Å². The van der Waals surface area contributed by atoms with Crippen LogP contribution in [0, 0.1) is 0 Å². The normalized spacial score (nSPS) is 22.0. The fraction of sp³-hybridized carbons (Fsp3) is 0.636. The zero-order chi connectivity index (χ0) is 10.8. The molecule has 0 radical (unpaired) electrons. The molecule has 1 aromatic heterocycles. The van der Waals surface area contributed by atoms with E-state index in [1.807, 2.05) is 11.6 Å². The highest BCUT2D eigenvalue weighted by molar-refractivity contribution is 6.31. The molecule has 0 saturated heterocycles. The van der Waals surface area contributed by atoms with Crippen LogP contribution in [0.25, 0.3) is 0 Å². The van der Waals surface area contributed by atoms with Crippen molar-refractivity contribution in [3.63, 3.8) is 0 Å². The number of carbonyl (C=O) groups excluding carboxylic acids is 1. The van der Waals surface area contributed by atoms with Gasteiger partial charge in [0.25, 0.3) is 0 Å². The van der Waals surface area contributed by atoms with Crippen molar-refractivity contribution in [2.45, 2.75) is 45.1 Å². The zero-order valence-electron chi connectivity index (χ0n) is 8.87. The van der Waals surface area contributed by atoms with E-state index in [2.05, 4.69) is 5.10 Å². The maximum absolute atomic E-state index is 11.4. The number of hydrogen-bond donors (Lipinski definition) is 0. The van der Waals surface area contributed by atoms with Crippen LogP contribution in [0.2, 0.25) is 5.02 Å². The maximum Gasteiger partial charge on any atom is 0.133 e. The number of hydrogen-bond acceptors (Lipinski definition) is 2. The summed E-state index contributed by atoms with van der Waals surface area (Å²) in [4.78, 5) is 11.4. The van der Waals surface area contributed by atoms with E-state index in [-0.39, 0.29) is 5.92 Å². The topological polar surface area (TPSA) is 34.9 Å². The van der Waals surface area contributed by atoms with Crippen molar-refractivity contribution in [2.24, 2.45) is 0 Å². The van der Waals surface area contributed by atoms with E-state index in [9.17, 15) is 4.79 Å². The second kappa shape index (κ2) is 4.35. The first kappa shape index (κ1) is 10.7. The number of carbonyl (C=O) groups is 1. The minimum absolute atomic E-state index is 0.279. The summed E-state index contributed by atoms with van der Waals surface area (Å²) in [5, 5.41) is 4.91. The summed E-state index contributed by atoms with van der Waals surface area (Å²) in [5.41, 5.74) is 1.05. The Labute approximate surface area is 94.4 Å². The molecule has 1 aliphatic rings. The summed E-state index contributed by atoms with van der Waals surface area (Å²) in [7, 11) is 0. The number of aromatic nitrogens is 2. The summed E-state index contributed by atoms with van der Waals surface area (Å²) < 4.78 is 1.91. The van der Waals surface area contributed by atoms with E-state index in [1.54, 1.807) is 6.20 Å². The smallest absolute Gasteiger partial charge is 0.133 e. The zero-order valence-corrected chi connectivity index (χ0v) is 9.63. The molecule has 82 valence electrons. The van der Waals surface area contributed by atoms with Crippen molar-refractivity contribution in [3.8, 4) is 0 Å². The van der Waals surface area contributed by atoms with Crippen molar-refractivity contribution in [1.82, 2.24) is 9.78 Å². The minimum atomic E-state index is 0.279. The highest BCUT2D eigenvalue weighted by atomic mass is 35.5. The Balaban J connectivity index is 2.27. The van der Waals surface area contributed by atoms with Gasteiger partial charge in [0.05, 0.1) is 16.9 Å². The van der Waals surface area contributed by atoms with Crippen molar-refractivity contribution in [2.75, 3.05) is 0 Å². The van der Waals surface area contributed by atoms with E-state index < -0.39 is 0 Å². The number of Topliss-reactive ketones (excluding diaryl/α,β-unsaturated/α-hetero) is 1. The molecule has 3 nitrogen and oxygen atoms in total. The third-order valence-electron chi connectivity index (χ3n) is 3.00. The molecule has 0 aliphatic heterocycles. The van der Waals surface area contributed by atoms with Crippen LogP contribution < -0.4 is 0 Å². The van der Waals surface area contributed by atoms with Gasteiger partial charge >= 0.3 is 0 Å². The lowest BCUT2D eigenvalue weighted by Crippen LogP contribution is -2.17. The Morgan fingerprint density at radius 2 is 2.47 bits per heavy atom. The highest BCUT2D eigenvalue weighted by Gasteiger charge is 2.25. The second-order valence-corrected chi connectivity index (χ2v) is 4.43.